The molecule has 2 aromatic rings. The first kappa shape index (κ1) is 19.8. The van der Waals surface area contributed by atoms with E-state index in [1.165, 1.54) is 33.6 Å². The summed E-state index contributed by atoms with van der Waals surface area (Å²) in [6, 6.07) is 15.9. The molecule has 0 saturated heterocycles. The van der Waals surface area contributed by atoms with Crippen LogP contribution < -0.4 is 9.80 Å². The van der Waals surface area contributed by atoms with Crippen LogP contribution in [0.5, 0.6) is 0 Å². The van der Waals surface area contributed by atoms with E-state index in [-0.39, 0.29) is 0 Å². The molecule has 0 saturated carbocycles. The van der Waals surface area contributed by atoms with Gasteiger partial charge in [-0.1, -0.05) is 18.2 Å². The van der Waals surface area contributed by atoms with Crippen LogP contribution in [-0.2, 0) is 6.42 Å². The minimum Gasteiger partial charge on any atom is -0.367 e. The Morgan fingerprint density at radius 1 is 0.667 bits per heavy atom. The van der Waals surface area contributed by atoms with Gasteiger partial charge in [0.25, 0.3) is 0 Å². The Kier molecular flexibility index (Phi) is 5.55. The van der Waals surface area contributed by atoms with Crippen molar-refractivity contribution in [1.82, 2.24) is 0 Å². The summed E-state index contributed by atoms with van der Waals surface area (Å²) in [6.45, 7) is 18.3. The summed E-state index contributed by atoms with van der Waals surface area (Å²) in [5.41, 5.74) is 8.52. The van der Waals surface area contributed by atoms with Gasteiger partial charge >= 0.3 is 0 Å². The maximum absolute atomic E-state index is 2.55. The van der Waals surface area contributed by atoms with E-state index < -0.39 is 0 Å². The summed E-state index contributed by atoms with van der Waals surface area (Å²) in [5, 5.41) is 0. The van der Waals surface area contributed by atoms with Gasteiger partial charge < -0.3 is 9.80 Å². The first-order chi connectivity index (χ1) is 12.7. The molecule has 27 heavy (non-hydrogen) atoms. The Labute approximate surface area is 166 Å². The molecule has 0 spiro atoms. The van der Waals surface area contributed by atoms with E-state index in [9.17, 15) is 0 Å². The van der Waals surface area contributed by atoms with Crippen LogP contribution in [0.3, 0.4) is 0 Å². The van der Waals surface area contributed by atoms with Crippen LogP contribution in [0.1, 0.15) is 66.5 Å². The monoisotopic (exact) mass is 364 g/mol. The highest BCUT2D eigenvalue weighted by atomic mass is 15.2. The lowest BCUT2D eigenvalue weighted by Crippen LogP contribution is -2.37. The molecule has 2 nitrogen and oxygen atoms in total. The standard InChI is InChI=1S/C25H36N2/c1-16(2)26(17(3)4)22-12-13-23-21(15-22)14-20-10-9-11-24(25(20)23)27(18(5)6)19(7)8/h9-13,15-19H,14H2,1-8H3. The molecule has 0 aliphatic heterocycles. The smallest absolute Gasteiger partial charge is 0.0453 e. The van der Waals surface area contributed by atoms with Gasteiger partial charge in [-0.15, -0.1) is 0 Å². The Balaban J connectivity index is 2.09. The quantitative estimate of drug-likeness (QED) is 0.492. The zero-order chi connectivity index (χ0) is 19.9. The average Bonchev–Trinajstić information content (AvgIpc) is 2.92. The van der Waals surface area contributed by atoms with E-state index >= 15 is 0 Å². The molecule has 0 radical (unpaired) electrons. The first-order valence-electron chi connectivity index (χ1n) is 10.5. The van der Waals surface area contributed by atoms with Crippen molar-refractivity contribution >= 4 is 11.4 Å². The van der Waals surface area contributed by atoms with Crippen molar-refractivity contribution in [3.05, 3.63) is 47.5 Å². The van der Waals surface area contributed by atoms with Crippen molar-refractivity contribution in [3.63, 3.8) is 0 Å². The number of hydrogen-bond donors (Lipinski definition) is 0. The Morgan fingerprint density at radius 2 is 1.26 bits per heavy atom. The average molecular weight is 365 g/mol. The Hall–Kier alpha value is -1.96. The molecule has 146 valence electrons. The molecule has 0 aromatic heterocycles. The summed E-state index contributed by atoms with van der Waals surface area (Å²) in [4.78, 5) is 5.06. The highest BCUT2D eigenvalue weighted by Gasteiger charge is 2.27. The first-order valence-corrected chi connectivity index (χ1v) is 10.5. The fourth-order valence-corrected chi connectivity index (χ4v) is 4.94. The lowest BCUT2D eigenvalue weighted by Gasteiger charge is -2.35. The van der Waals surface area contributed by atoms with Crippen LogP contribution in [0.2, 0.25) is 0 Å². The summed E-state index contributed by atoms with van der Waals surface area (Å²) in [5.74, 6) is 0. The van der Waals surface area contributed by atoms with Crippen LogP contribution in [0, 0.1) is 0 Å². The molecule has 1 aliphatic rings. The van der Waals surface area contributed by atoms with E-state index in [1.807, 2.05) is 0 Å². The lowest BCUT2D eigenvalue weighted by molar-refractivity contribution is 0.607. The normalized spacial score (nSPS) is 12.9. The third-order valence-corrected chi connectivity index (χ3v) is 5.67. The summed E-state index contributed by atoms with van der Waals surface area (Å²) in [6.07, 6.45) is 1.04. The van der Waals surface area contributed by atoms with Crippen LogP contribution in [0.25, 0.3) is 11.1 Å². The SMILES string of the molecule is CC(C)N(c1ccc2c(c1)Cc1cccc(N(C(C)C)C(C)C)c1-2)C(C)C. The van der Waals surface area contributed by atoms with Crippen molar-refractivity contribution < 1.29 is 0 Å². The molecule has 1 aliphatic carbocycles. The van der Waals surface area contributed by atoms with E-state index in [0.29, 0.717) is 24.2 Å². The number of fused-ring (bicyclic) bond motifs is 3. The van der Waals surface area contributed by atoms with Crippen molar-refractivity contribution in [1.29, 1.82) is 0 Å². The summed E-state index contributed by atoms with van der Waals surface area (Å²) in [7, 11) is 0. The minimum absolute atomic E-state index is 0.484. The maximum Gasteiger partial charge on any atom is 0.0453 e. The molecule has 0 bridgehead atoms. The molecular weight excluding hydrogens is 328 g/mol. The highest BCUT2D eigenvalue weighted by Crippen LogP contribution is 2.45. The van der Waals surface area contributed by atoms with Gasteiger partial charge in [-0.2, -0.15) is 0 Å². The third-order valence-electron chi connectivity index (χ3n) is 5.67. The van der Waals surface area contributed by atoms with Crippen molar-refractivity contribution in [2.45, 2.75) is 86.0 Å². The van der Waals surface area contributed by atoms with Crippen LogP contribution in [0.4, 0.5) is 11.4 Å². The van der Waals surface area contributed by atoms with Crippen LogP contribution >= 0.6 is 0 Å². The molecule has 3 rings (SSSR count). The fourth-order valence-electron chi connectivity index (χ4n) is 4.94. The summed E-state index contributed by atoms with van der Waals surface area (Å²) < 4.78 is 0. The van der Waals surface area contributed by atoms with Gasteiger partial charge in [-0.05, 0) is 96.7 Å². The van der Waals surface area contributed by atoms with Gasteiger partial charge in [-0.25, -0.2) is 0 Å². The van der Waals surface area contributed by atoms with E-state index in [0.717, 1.165) is 6.42 Å². The number of rotatable bonds is 6. The topological polar surface area (TPSA) is 6.48 Å². The second-order valence-corrected chi connectivity index (χ2v) is 9.02. The molecule has 0 amide bonds. The predicted octanol–water partition coefficient (Wildman–Crippen LogP) is 6.50. The third kappa shape index (κ3) is 3.59. The van der Waals surface area contributed by atoms with E-state index in [2.05, 4.69) is 102 Å². The Bertz CT molecular complexity index is 786. The van der Waals surface area contributed by atoms with Crippen molar-refractivity contribution in [3.8, 4) is 11.1 Å². The van der Waals surface area contributed by atoms with E-state index in [1.54, 1.807) is 0 Å². The molecular formula is C25H36N2. The van der Waals surface area contributed by atoms with Crippen molar-refractivity contribution in [2.24, 2.45) is 0 Å². The van der Waals surface area contributed by atoms with E-state index in [4.69, 9.17) is 0 Å². The Morgan fingerprint density at radius 3 is 1.81 bits per heavy atom. The second-order valence-electron chi connectivity index (χ2n) is 9.02. The molecule has 2 heteroatoms. The number of nitrogens with zero attached hydrogens (tertiary/aromatic N) is 2. The van der Waals surface area contributed by atoms with Gasteiger partial charge in [0, 0.05) is 41.1 Å². The van der Waals surface area contributed by atoms with Gasteiger partial charge in [0.15, 0.2) is 0 Å². The summed E-state index contributed by atoms with van der Waals surface area (Å²) >= 11 is 0. The zero-order valence-electron chi connectivity index (χ0n) is 18.4. The molecule has 0 fully saturated rings. The van der Waals surface area contributed by atoms with Gasteiger partial charge in [-0.3, -0.25) is 0 Å². The lowest BCUT2D eigenvalue weighted by atomic mass is 10.0. The highest BCUT2D eigenvalue weighted by molar-refractivity contribution is 5.88. The number of anilines is 2. The molecule has 0 N–H and O–H groups in total. The van der Waals surface area contributed by atoms with Gasteiger partial charge in [0.2, 0.25) is 0 Å². The predicted molar refractivity (Wildman–Crippen MR) is 120 cm³/mol. The van der Waals surface area contributed by atoms with Gasteiger partial charge in [0.1, 0.15) is 0 Å². The van der Waals surface area contributed by atoms with Crippen LogP contribution in [0.15, 0.2) is 36.4 Å². The minimum atomic E-state index is 0.484. The fraction of sp³-hybridized carbons (Fsp3) is 0.520. The van der Waals surface area contributed by atoms with Gasteiger partial charge in [0.05, 0.1) is 0 Å². The van der Waals surface area contributed by atoms with Crippen LogP contribution in [-0.4, -0.2) is 24.2 Å². The molecule has 0 atom stereocenters. The molecule has 0 heterocycles. The molecule has 0 unspecified atom stereocenters. The largest absolute Gasteiger partial charge is 0.367 e. The number of benzene rings is 2. The van der Waals surface area contributed by atoms with Crippen molar-refractivity contribution in [2.75, 3.05) is 9.80 Å². The zero-order valence-corrected chi connectivity index (χ0v) is 18.4. The maximum atomic E-state index is 2.55. The number of hydrogen-bond acceptors (Lipinski definition) is 2. The molecule has 2 aromatic carbocycles. The second kappa shape index (κ2) is 7.58.